The van der Waals surface area contributed by atoms with Crippen LogP contribution in [-0.4, -0.2) is 65.6 Å². The van der Waals surface area contributed by atoms with Crippen LogP contribution in [0.1, 0.15) is 89.4 Å². The molecule has 1 aromatic heterocycles. The minimum atomic E-state index is -0.507. The molecule has 9 heteroatoms. The number of nitrogens with zero attached hydrogens (tertiary/aromatic N) is 2. The summed E-state index contributed by atoms with van der Waals surface area (Å²) in [4.78, 5) is 41.1. The lowest BCUT2D eigenvalue weighted by Crippen LogP contribution is -2.50. The molecule has 5 rings (SSSR count). The van der Waals surface area contributed by atoms with E-state index in [1.807, 2.05) is 30.0 Å². The molecule has 2 aliphatic heterocycles. The number of amides is 3. The van der Waals surface area contributed by atoms with Crippen molar-refractivity contribution in [3.8, 4) is 5.75 Å². The summed E-state index contributed by atoms with van der Waals surface area (Å²) in [6, 6.07) is 7.48. The zero-order valence-electron chi connectivity index (χ0n) is 21.6. The van der Waals surface area contributed by atoms with Gasteiger partial charge in [0.1, 0.15) is 11.4 Å². The molecule has 1 aliphatic carbocycles. The number of benzene rings is 1. The second-order valence-electron chi connectivity index (χ2n) is 10.7. The lowest BCUT2D eigenvalue weighted by Gasteiger charge is -2.40. The highest BCUT2D eigenvalue weighted by Gasteiger charge is 2.42. The van der Waals surface area contributed by atoms with Gasteiger partial charge in [-0.15, -0.1) is 0 Å². The molecule has 37 heavy (non-hydrogen) atoms. The van der Waals surface area contributed by atoms with Crippen LogP contribution in [0.25, 0.3) is 0 Å². The van der Waals surface area contributed by atoms with Crippen molar-refractivity contribution in [2.24, 2.45) is 5.41 Å². The standard InChI is InChI=1S/C28H37N5O4/c1-19-5-8-21-24(17-19)37-16-4-13-30-27(36)28(9-2-3-12-29-25(21)34)10-14-33(15-11-28)26(35)23-18-22(31-32-23)20-6-7-20/h5,8,17-18,20H,2-4,6-7,9-16H2,1H3,(H,29,34)(H,30,36)(H,31,32). The van der Waals surface area contributed by atoms with E-state index in [0.29, 0.717) is 75.0 Å². The van der Waals surface area contributed by atoms with E-state index in [2.05, 4.69) is 20.8 Å². The lowest BCUT2D eigenvalue weighted by atomic mass is 9.73. The molecule has 0 radical (unpaired) electrons. The van der Waals surface area contributed by atoms with E-state index in [1.165, 1.54) is 0 Å². The Kier molecular flexibility index (Phi) is 7.48. The molecule has 1 spiro atoms. The van der Waals surface area contributed by atoms with Crippen LogP contribution in [0.4, 0.5) is 0 Å². The normalized spacial score (nSPS) is 21.2. The number of likely N-dealkylation sites (tertiary alicyclic amines) is 1. The Morgan fingerprint density at radius 3 is 2.59 bits per heavy atom. The molecule has 1 aromatic carbocycles. The summed E-state index contributed by atoms with van der Waals surface area (Å²) in [6.07, 6.45) is 6.53. The van der Waals surface area contributed by atoms with Crippen molar-refractivity contribution in [2.75, 3.05) is 32.8 Å². The van der Waals surface area contributed by atoms with E-state index >= 15 is 0 Å². The zero-order chi connectivity index (χ0) is 25.8. The number of nitrogens with one attached hydrogen (secondary N) is 3. The quantitative estimate of drug-likeness (QED) is 0.577. The van der Waals surface area contributed by atoms with Crippen LogP contribution in [0.2, 0.25) is 0 Å². The van der Waals surface area contributed by atoms with Crippen LogP contribution in [0, 0.1) is 12.3 Å². The van der Waals surface area contributed by atoms with Gasteiger partial charge in [-0.1, -0.05) is 12.5 Å². The summed E-state index contributed by atoms with van der Waals surface area (Å²) in [5.41, 5.74) is 2.58. The Morgan fingerprint density at radius 1 is 1.03 bits per heavy atom. The number of carbonyl (C=O) groups excluding carboxylic acids is 3. The number of hydrogen-bond acceptors (Lipinski definition) is 5. The molecule has 0 atom stereocenters. The van der Waals surface area contributed by atoms with E-state index in [4.69, 9.17) is 4.74 Å². The molecule has 198 valence electrons. The highest BCUT2D eigenvalue weighted by Crippen LogP contribution is 2.40. The van der Waals surface area contributed by atoms with E-state index in [9.17, 15) is 14.4 Å². The average molecular weight is 508 g/mol. The Morgan fingerprint density at radius 2 is 1.81 bits per heavy atom. The minimum Gasteiger partial charge on any atom is -0.493 e. The van der Waals surface area contributed by atoms with E-state index in [1.54, 1.807) is 6.07 Å². The summed E-state index contributed by atoms with van der Waals surface area (Å²) in [7, 11) is 0. The van der Waals surface area contributed by atoms with Crippen molar-refractivity contribution in [1.29, 1.82) is 0 Å². The first kappa shape index (κ1) is 25.3. The van der Waals surface area contributed by atoms with Crippen LogP contribution in [-0.2, 0) is 4.79 Å². The topological polar surface area (TPSA) is 116 Å². The Balaban J connectivity index is 1.21. The average Bonchev–Trinajstić information content (AvgIpc) is 3.63. The lowest BCUT2D eigenvalue weighted by molar-refractivity contribution is -0.134. The first-order chi connectivity index (χ1) is 17.9. The highest BCUT2D eigenvalue weighted by atomic mass is 16.5. The predicted octanol–water partition coefficient (Wildman–Crippen LogP) is 3.32. The van der Waals surface area contributed by atoms with E-state index in [0.717, 1.165) is 43.4 Å². The number of fused-ring (bicyclic) bond motifs is 1. The molecule has 3 N–H and O–H groups in total. The molecule has 1 saturated heterocycles. The molecule has 1 saturated carbocycles. The first-order valence-electron chi connectivity index (χ1n) is 13.6. The fourth-order valence-electron chi connectivity index (χ4n) is 5.41. The van der Waals surface area contributed by atoms with Crippen LogP contribution in [0.15, 0.2) is 24.3 Å². The van der Waals surface area contributed by atoms with Gasteiger partial charge in [0.25, 0.3) is 11.8 Å². The SMILES string of the molecule is Cc1ccc2c(c1)OCCCNC(=O)C1(CCCCNC2=O)CCN(C(=O)c2cc(C3CC3)[nH]n2)CC1. The van der Waals surface area contributed by atoms with Crippen molar-refractivity contribution >= 4 is 17.7 Å². The molecular formula is C28H37N5O4. The number of carbonyl (C=O) groups is 3. The Labute approximate surface area is 217 Å². The molecule has 2 aromatic rings. The van der Waals surface area contributed by atoms with Crippen LogP contribution in [0.5, 0.6) is 5.75 Å². The van der Waals surface area contributed by atoms with Crippen molar-refractivity contribution in [3.63, 3.8) is 0 Å². The molecule has 9 nitrogen and oxygen atoms in total. The number of aromatic amines is 1. The second kappa shape index (κ2) is 10.9. The third kappa shape index (κ3) is 5.81. The predicted molar refractivity (Wildman–Crippen MR) is 139 cm³/mol. The van der Waals surface area contributed by atoms with Gasteiger partial charge in [0.2, 0.25) is 5.91 Å². The summed E-state index contributed by atoms with van der Waals surface area (Å²) < 4.78 is 5.93. The minimum absolute atomic E-state index is 0.0607. The summed E-state index contributed by atoms with van der Waals surface area (Å²) >= 11 is 0. The molecule has 3 heterocycles. The summed E-state index contributed by atoms with van der Waals surface area (Å²) in [5, 5.41) is 13.4. The largest absolute Gasteiger partial charge is 0.493 e. The molecule has 3 amide bonds. The fourth-order valence-corrected chi connectivity index (χ4v) is 5.41. The summed E-state index contributed by atoms with van der Waals surface area (Å²) in [6.45, 7) is 4.49. The van der Waals surface area contributed by atoms with E-state index in [-0.39, 0.29) is 17.7 Å². The number of rotatable bonds is 2. The van der Waals surface area contributed by atoms with Gasteiger partial charge >= 0.3 is 0 Å². The highest BCUT2D eigenvalue weighted by molar-refractivity contribution is 5.97. The molecule has 0 unspecified atom stereocenters. The third-order valence-electron chi connectivity index (χ3n) is 7.94. The van der Waals surface area contributed by atoms with Crippen molar-refractivity contribution < 1.29 is 19.1 Å². The van der Waals surface area contributed by atoms with Gasteiger partial charge in [-0.2, -0.15) is 5.10 Å². The zero-order valence-corrected chi connectivity index (χ0v) is 21.6. The van der Waals surface area contributed by atoms with Crippen molar-refractivity contribution in [1.82, 2.24) is 25.7 Å². The van der Waals surface area contributed by atoms with E-state index < -0.39 is 5.41 Å². The maximum atomic E-state index is 13.4. The Bertz CT molecular complexity index is 1150. The monoisotopic (exact) mass is 507 g/mol. The van der Waals surface area contributed by atoms with Gasteiger partial charge in [-0.25, -0.2) is 0 Å². The van der Waals surface area contributed by atoms with Crippen molar-refractivity contribution in [2.45, 2.75) is 64.2 Å². The summed E-state index contributed by atoms with van der Waals surface area (Å²) in [5.74, 6) is 0.956. The molecular weight excluding hydrogens is 470 g/mol. The van der Waals surface area contributed by atoms with Gasteiger partial charge < -0.3 is 20.3 Å². The van der Waals surface area contributed by atoms with Gasteiger partial charge in [0.15, 0.2) is 0 Å². The maximum absolute atomic E-state index is 13.4. The van der Waals surface area contributed by atoms with Crippen LogP contribution < -0.4 is 15.4 Å². The number of piperidine rings is 1. The smallest absolute Gasteiger partial charge is 0.274 e. The van der Waals surface area contributed by atoms with Gasteiger partial charge in [-0.3, -0.25) is 19.5 Å². The van der Waals surface area contributed by atoms with Crippen LogP contribution >= 0.6 is 0 Å². The van der Waals surface area contributed by atoms with Gasteiger partial charge in [0.05, 0.1) is 17.6 Å². The molecule has 0 bridgehead atoms. The number of aryl methyl sites for hydroxylation is 1. The maximum Gasteiger partial charge on any atom is 0.274 e. The fraction of sp³-hybridized carbons (Fsp3) is 0.571. The number of H-pyrrole nitrogens is 1. The van der Waals surface area contributed by atoms with Gasteiger partial charge in [-0.05, 0) is 75.6 Å². The molecule has 2 fully saturated rings. The first-order valence-corrected chi connectivity index (χ1v) is 13.6. The second-order valence-corrected chi connectivity index (χ2v) is 10.7. The van der Waals surface area contributed by atoms with Crippen molar-refractivity contribution in [3.05, 3.63) is 46.8 Å². The third-order valence-corrected chi connectivity index (χ3v) is 7.94. The number of ether oxygens (including phenoxy) is 1. The number of aromatic nitrogens is 2. The molecule has 3 aliphatic rings. The number of hydrogen-bond donors (Lipinski definition) is 3. The van der Waals surface area contributed by atoms with Crippen LogP contribution in [0.3, 0.4) is 0 Å². The van der Waals surface area contributed by atoms with Gasteiger partial charge in [0, 0.05) is 37.8 Å². The Hall–Kier alpha value is -3.36.